The summed E-state index contributed by atoms with van der Waals surface area (Å²) in [6, 6.07) is 13.3. The number of fused-ring (bicyclic) bond motifs is 1. The number of benzene rings is 2. The summed E-state index contributed by atoms with van der Waals surface area (Å²) in [4.78, 5) is 52.1. The van der Waals surface area contributed by atoms with E-state index in [4.69, 9.17) is 27.9 Å². The highest BCUT2D eigenvalue weighted by Crippen LogP contribution is 2.45. The molecule has 19 heteroatoms. The molecule has 16 nitrogen and oxygen atoms in total. The number of carbonyl (C=O) groups excluding carboxylic acids is 2. The number of hydrogen-bond donors (Lipinski definition) is 4. The quantitative estimate of drug-likeness (QED) is 0.0952. The molecule has 286 valence electrons. The van der Waals surface area contributed by atoms with Crippen LogP contribution >= 0.6 is 7.75 Å². The van der Waals surface area contributed by atoms with E-state index in [1.54, 1.807) is 62.4 Å². The van der Waals surface area contributed by atoms with Crippen LogP contribution in [0.3, 0.4) is 0 Å². The lowest BCUT2D eigenvalue weighted by atomic mass is 10.1. The third-order valence-electron chi connectivity index (χ3n) is 8.20. The van der Waals surface area contributed by atoms with Crippen molar-refractivity contribution in [3.63, 3.8) is 0 Å². The zero-order valence-electron chi connectivity index (χ0n) is 28.7. The number of carbonyl (C=O) groups is 2. The van der Waals surface area contributed by atoms with E-state index in [2.05, 4.69) is 10.1 Å². The molecule has 4 N–H and O–H groups in total. The van der Waals surface area contributed by atoms with Crippen LogP contribution in [0.4, 0.5) is 8.78 Å². The number of nitrogens with one attached hydrogen (secondary N) is 1. The maximum atomic E-state index is 15.2. The van der Waals surface area contributed by atoms with Crippen molar-refractivity contribution in [2.75, 3.05) is 13.7 Å². The van der Waals surface area contributed by atoms with E-state index in [0.29, 0.717) is 32.4 Å². The van der Waals surface area contributed by atoms with Crippen molar-refractivity contribution < 1.29 is 65.9 Å². The van der Waals surface area contributed by atoms with Crippen molar-refractivity contribution in [1.29, 1.82) is 0 Å². The fourth-order valence-corrected chi connectivity index (χ4v) is 6.60. The summed E-state index contributed by atoms with van der Waals surface area (Å²) in [5.74, 6) is -5.59. The van der Waals surface area contributed by atoms with Gasteiger partial charge in [0.2, 0.25) is 6.23 Å². The van der Waals surface area contributed by atoms with Gasteiger partial charge in [-0.25, -0.2) is 14.4 Å². The number of aliphatic hydroxyl groups excluding tert-OH is 2. The van der Waals surface area contributed by atoms with E-state index < -0.39 is 74.7 Å². The Morgan fingerprint density at radius 3 is 2.51 bits per heavy atom. The van der Waals surface area contributed by atoms with Crippen LogP contribution in [0.5, 0.6) is 5.75 Å². The van der Waals surface area contributed by atoms with E-state index >= 15 is 8.78 Å². The first-order valence-corrected chi connectivity index (χ1v) is 17.8. The molecule has 5 atom stereocenters. The van der Waals surface area contributed by atoms with Crippen LogP contribution in [0.25, 0.3) is 11.0 Å². The van der Waals surface area contributed by atoms with Gasteiger partial charge in [0.05, 0.1) is 32.4 Å². The molecule has 0 saturated carbocycles. The second-order valence-corrected chi connectivity index (χ2v) is 14.0. The number of aliphatic hydroxyl groups is 2. The topological polar surface area (TPSA) is 218 Å². The number of ether oxygens (including phenoxy) is 4. The van der Waals surface area contributed by atoms with Gasteiger partial charge >= 0.3 is 31.3 Å². The number of hydrogen-bond acceptors (Lipinski definition) is 13. The highest BCUT2D eigenvalue weighted by molar-refractivity contribution is 7.50. The lowest BCUT2D eigenvalue weighted by Gasteiger charge is -2.24. The lowest BCUT2D eigenvalue weighted by molar-refractivity contribution is -0.148. The molecule has 4 aromatic rings. The predicted molar refractivity (Wildman–Crippen MR) is 179 cm³/mol. The van der Waals surface area contributed by atoms with Crippen molar-refractivity contribution >= 4 is 30.7 Å². The normalized spacial score (nSPS) is 19.9. The molecule has 1 saturated heterocycles. The number of aromatic nitrogens is 2. The highest BCUT2D eigenvalue weighted by Gasteiger charge is 2.60. The van der Waals surface area contributed by atoms with Crippen LogP contribution < -0.4 is 15.5 Å². The van der Waals surface area contributed by atoms with Gasteiger partial charge in [-0.05, 0) is 35.7 Å². The van der Waals surface area contributed by atoms with Crippen LogP contribution in [0, 0.1) is 5.92 Å². The SMILES string of the molecule is COc1cc(CO)c2oc(COC(=O)Cc3ccn(C4O[C@H](COP(=O)(O)N[C@H](C(=O)OCc5ccccc5)C(C)C)[C@@H](O)C4(F)F)c(=O)n3)cc2c1. The Labute approximate surface area is 300 Å². The van der Waals surface area contributed by atoms with Gasteiger partial charge in [0.15, 0.2) is 6.10 Å². The van der Waals surface area contributed by atoms with Crippen LogP contribution in [-0.4, -0.2) is 74.5 Å². The number of rotatable bonds is 16. The van der Waals surface area contributed by atoms with Gasteiger partial charge in [0.25, 0.3) is 0 Å². The molecule has 0 aliphatic carbocycles. The Balaban J connectivity index is 1.17. The summed E-state index contributed by atoms with van der Waals surface area (Å²) in [5.41, 5.74) is 0.151. The van der Waals surface area contributed by atoms with Crippen molar-refractivity contribution in [2.24, 2.45) is 5.92 Å². The Morgan fingerprint density at radius 1 is 1.11 bits per heavy atom. The van der Waals surface area contributed by atoms with Gasteiger partial charge in [-0.15, -0.1) is 0 Å². The third-order valence-corrected chi connectivity index (χ3v) is 9.31. The minimum atomic E-state index is -4.87. The van der Waals surface area contributed by atoms with E-state index in [1.165, 1.54) is 7.11 Å². The molecule has 2 aromatic heterocycles. The number of esters is 2. The monoisotopic (exact) mass is 765 g/mol. The molecule has 3 heterocycles. The summed E-state index contributed by atoms with van der Waals surface area (Å²) >= 11 is 0. The number of alkyl halides is 2. The first-order valence-electron chi connectivity index (χ1n) is 16.2. The maximum absolute atomic E-state index is 15.2. The molecule has 53 heavy (non-hydrogen) atoms. The first-order chi connectivity index (χ1) is 25.1. The number of nitrogens with zero attached hydrogens (tertiary/aromatic N) is 2. The molecular formula is C34H38F2N3O13P. The predicted octanol–water partition coefficient (Wildman–Crippen LogP) is 3.14. The van der Waals surface area contributed by atoms with Crippen molar-refractivity contribution in [3.05, 3.63) is 93.9 Å². The van der Waals surface area contributed by atoms with Gasteiger partial charge in [-0.3, -0.25) is 18.7 Å². The molecule has 1 fully saturated rings. The van der Waals surface area contributed by atoms with Crippen molar-refractivity contribution in [2.45, 2.75) is 70.5 Å². The Bertz CT molecular complexity index is 2020. The number of methoxy groups -OCH3 is 1. The second-order valence-electron chi connectivity index (χ2n) is 12.4. The number of halogens is 2. The van der Waals surface area contributed by atoms with Gasteiger partial charge in [-0.1, -0.05) is 44.2 Å². The molecule has 2 unspecified atom stereocenters. The fourth-order valence-electron chi connectivity index (χ4n) is 5.42. The summed E-state index contributed by atoms with van der Waals surface area (Å²) in [7, 11) is -3.40. The van der Waals surface area contributed by atoms with Gasteiger partial charge in [0.1, 0.15) is 42.5 Å². The summed E-state index contributed by atoms with van der Waals surface area (Å²) in [6.07, 6.45) is -6.50. The van der Waals surface area contributed by atoms with Crippen molar-refractivity contribution in [1.82, 2.24) is 14.6 Å². The smallest absolute Gasteiger partial charge is 0.403 e. The van der Waals surface area contributed by atoms with Crippen LogP contribution in [-0.2, 0) is 59.1 Å². The fraction of sp³-hybridized carbons (Fsp3) is 0.412. The maximum Gasteiger partial charge on any atom is 0.403 e. The molecule has 0 radical (unpaired) electrons. The summed E-state index contributed by atoms with van der Waals surface area (Å²) in [5, 5.41) is 22.8. The van der Waals surface area contributed by atoms with E-state index in [1.807, 2.05) is 0 Å². The van der Waals surface area contributed by atoms with Gasteiger partial charge in [0, 0.05) is 17.1 Å². The third kappa shape index (κ3) is 9.52. The van der Waals surface area contributed by atoms with Crippen molar-refractivity contribution in [3.8, 4) is 5.75 Å². The zero-order valence-corrected chi connectivity index (χ0v) is 29.6. The summed E-state index contributed by atoms with van der Waals surface area (Å²) < 4.78 is 75.1. The summed E-state index contributed by atoms with van der Waals surface area (Å²) in [6.45, 7) is 1.39. The molecular weight excluding hydrogens is 727 g/mol. The Morgan fingerprint density at radius 2 is 1.85 bits per heavy atom. The molecule has 0 spiro atoms. The molecule has 2 aromatic carbocycles. The minimum absolute atomic E-state index is 0.105. The Kier molecular flexibility index (Phi) is 12.4. The van der Waals surface area contributed by atoms with Crippen LogP contribution in [0.1, 0.15) is 42.7 Å². The Hall–Kier alpha value is -4.55. The first kappa shape index (κ1) is 39.7. The molecule has 1 aliphatic rings. The molecule has 0 amide bonds. The van der Waals surface area contributed by atoms with E-state index in [-0.39, 0.29) is 31.3 Å². The van der Waals surface area contributed by atoms with Gasteiger partial charge < -0.3 is 38.5 Å². The average Bonchev–Trinajstić information content (AvgIpc) is 3.64. The van der Waals surface area contributed by atoms with E-state index in [9.17, 15) is 34.1 Å². The van der Waals surface area contributed by atoms with Gasteiger partial charge in [-0.2, -0.15) is 13.8 Å². The zero-order chi connectivity index (χ0) is 38.5. The van der Waals surface area contributed by atoms with Crippen LogP contribution in [0.2, 0.25) is 0 Å². The molecule has 5 rings (SSSR count). The largest absolute Gasteiger partial charge is 0.497 e. The van der Waals surface area contributed by atoms with E-state index in [0.717, 1.165) is 12.3 Å². The number of furan rings is 1. The second kappa shape index (κ2) is 16.6. The molecule has 0 bridgehead atoms. The van der Waals surface area contributed by atoms with Crippen LogP contribution in [0.15, 0.2) is 70.0 Å². The lowest BCUT2D eigenvalue weighted by Crippen LogP contribution is -2.42. The molecule has 1 aliphatic heterocycles. The minimum Gasteiger partial charge on any atom is -0.497 e. The highest BCUT2D eigenvalue weighted by atomic mass is 31.2. The average molecular weight is 766 g/mol. The standard InChI is InChI=1S/C34H38F2N3O13P/c1-19(2)28(31(43)49-16-20-7-5-4-6-8-20)38-53(45,46)50-18-26-30(42)34(35,36)32(52-26)39-10-9-23(37-33(39)44)14-27(41)48-17-25-12-21-11-24(47-3)13-22(15-40)29(21)51-25/h4-13,19,26,28,30,32,40,42H,14-18H2,1-3H3,(H2,38,45,46)/t26-,28+,30-,32?/m1/s1.